The maximum Gasteiger partial charge on any atom is 0.123 e. The van der Waals surface area contributed by atoms with Crippen LogP contribution in [-0.4, -0.2) is 17.3 Å². The monoisotopic (exact) mass is 192 g/mol. The molecule has 2 heteroatoms. The molecule has 1 aromatic carbocycles. The summed E-state index contributed by atoms with van der Waals surface area (Å²) in [7, 11) is 0. The van der Waals surface area contributed by atoms with Gasteiger partial charge in [0.05, 0.1) is 6.10 Å². The van der Waals surface area contributed by atoms with Gasteiger partial charge in [0, 0.05) is 6.42 Å². The molecule has 1 aliphatic rings. The molecule has 76 valence electrons. The van der Waals surface area contributed by atoms with E-state index in [1.54, 1.807) is 0 Å². The molecule has 0 saturated heterocycles. The van der Waals surface area contributed by atoms with Crippen molar-refractivity contribution in [2.45, 2.75) is 38.9 Å². The van der Waals surface area contributed by atoms with Crippen LogP contribution in [-0.2, 0) is 12.8 Å². The summed E-state index contributed by atoms with van der Waals surface area (Å²) in [5, 5.41) is 9.28. The molecule has 0 fully saturated rings. The quantitative estimate of drug-likeness (QED) is 0.776. The lowest BCUT2D eigenvalue weighted by molar-refractivity contribution is 0.195. The average molecular weight is 192 g/mol. The van der Waals surface area contributed by atoms with Crippen molar-refractivity contribution in [1.29, 1.82) is 0 Å². The Labute approximate surface area is 84.5 Å². The lowest BCUT2D eigenvalue weighted by Crippen LogP contribution is -2.05. The van der Waals surface area contributed by atoms with E-state index < -0.39 is 0 Å². The van der Waals surface area contributed by atoms with Gasteiger partial charge in [-0.3, -0.25) is 0 Å². The molecular weight excluding hydrogens is 176 g/mol. The van der Waals surface area contributed by atoms with Crippen LogP contribution >= 0.6 is 0 Å². The van der Waals surface area contributed by atoms with Crippen molar-refractivity contribution >= 4 is 0 Å². The molecule has 0 aliphatic carbocycles. The van der Waals surface area contributed by atoms with E-state index in [-0.39, 0.29) is 6.10 Å². The SMILES string of the molecule is CC1Cc2cc(C[C@@H](C)O)ccc2O1. The van der Waals surface area contributed by atoms with Crippen molar-refractivity contribution in [2.75, 3.05) is 0 Å². The zero-order valence-electron chi connectivity index (χ0n) is 8.66. The highest BCUT2D eigenvalue weighted by Crippen LogP contribution is 2.29. The van der Waals surface area contributed by atoms with Gasteiger partial charge in [-0.25, -0.2) is 0 Å². The zero-order valence-corrected chi connectivity index (χ0v) is 8.66. The molecule has 2 rings (SSSR count). The molecule has 2 atom stereocenters. The fraction of sp³-hybridized carbons (Fsp3) is 0.500. The summed E-state index contributed by atoms with van der Waals surface area (Å²) in [6.45, 7) is 3.89. The number of fused-ring (bicyclic) bond motifs is 1. The van der Waals surface area contributed by atoms with E-state index in [0.29, 0.717) is 6.10 Å². The van der Waals surface area contributed by atoms with Gasteiger partial charge in [0.1, 0.15) is 11.9 Å². The first-order chi connectivity index (χ1) is 6.65. The summed E-state index contributed by atoms with van der Waals surface area (Å²) in [4.78, 5) is 0. The number of aliphatic hydroxyl groups is 1. The van der Waals surface area contributed by atoms with E-state index in [1.807, 2.05) is 19.1 Å². The third-order valence-electron chi connectivity index (χ3n) is 2.49. The first kappa shape index (κ1) is 9.53. The first-order valence-electron chi connectivity index (χ1n) is 5.11. The Hall–Kier alpha value is -1.02. The smallest absolute Gasteiger partial charge is 0.123 e. The molecule has 2 nitrogen and oxygen atoms in total. The molecule has 1 N–H and O–H groups in total. The van der Waals surface area contributed by atoms with Gasteiger partial charge in [0.2, 0.25) is 0 Å². The summed E-state index contributed by atoms with van der Waals surface area (Å²) >= 11 is 0. The molecule has 0 saturated carbocycles. The van der Waals surface area contributed by atoms with Crippen molar-refractivity contribution in [3.8, 4) is 5.75 Å². The van der Waals surface area contributed by atoms with Gasteiger partial charge in [0.15, 0.2) is 0 Å². The van der Waals surface area contributed by atoms with Gasteiger partial charge >= 0.3 is 0 Å². The van der Waals surface area contributed by atoms with Crippen molar-refractivity contribution < 1.29 is 9.84 Å². The van der Waals surface area contributed by atoms with Crippen LogP contribution in [0.4, 0.5) is 0 Å². The van der Waals surface area contributed by atoms with E-state index in [9.17, 15) is 5.11 Å². The van der Waals surface area contributed by atoms with E-state index in [4.69, 9.17) is 4.74 Å². The predicted octanol–water partition coefficient (Wildman–Crippen LogP) is 1.93. The Bertz CT molecular complexity index is 331. The van der Waals surface area contributed by atoms with Gasteiger partial charge < -0.3 is 9.84 Å². The largest absolute Gasteiger partial charge is 0.490 e. The molecule has 1 unspecified atom stereocenters. The van der Waals surface area contributed by atoms with Crippen LogP contribution in [0.25, 0.3) is 0 Å². The van der Waals surface area contributed by atoms with Crippen molar-refractivity contribution in [2.24, 2.45) is 0 Å². The van der Waals surface area contributed by atoms with Gasteiger partial charge in [-0.1, -0.05) is 12.1 Å². The van der Waals surface area contributed by atoms with Crippen LogP contribution < -0.4 is 4.74 Å². The maximum absolute atomic E-state index is 9.28. The van der Waals surface area contributed by atoms with E-state index in [2.05, 4.69) is 13.0 Å². The summed E-state index contributed by atoms with van der Waals surface area (Å²) in [6, 6.07) is 6.19. The second-order valence-corrected chi connectivity index (χ2v) is 4.13. The van der Waals surface area contributed by atoms with Gasteiger partial charge in [0.25, 0.3) is 0 Å². The number of hydrogen-bond acceptors (Lipinski definition) is 2. The minimum absolute atomic E-state index is 0.271. The third-order valence-corrected chi connectivity index (χ3v) is 2.49. The van der Waals surface area contributed by atoms with Crippen LogP contribution in [0.15, 0.2) is 18.2 Å². The van der Waals surface area contributed by atoms with Crippen LogP contribution in [0.5, 0.6) is 5.75 Å². The molecule has 1 heterocycles. The number of rotatable bonds is 2. The Morgan fingerprint density at radius 1 is 1.57 bits per heavy atom. The minimum atomic E-state index is -0.271. The van der Waals surface area contributed by atoms with Gasteiger partial charge in [-0.15, -0.1) is 0 Å². The van der Waals surface area contributed by atoms with E-state index in [0.717, 1.165) is 18.6 Å². The highest BCUT2D eigenvalue weighted by molar-refractivity contribution is 5.40. The van der Waals surface area contributed by atoms with Crippen LogP contribution in [0.1, 0.15) is 25.0 Å². The first-order valence-corrected chi connectivity index (χ1v) is 5.11. The number of aliphatic hydroxyl groups excluding tert-OH is 1. The van der Waals surface area contributed by atoms with Crippen molar-refractivity contribution in [3.05, 3.63) is 29.3 Å². The molecular formula is C12H16O2. The highest BCUT2D eigenvalue weighted by Gasteiger charge is 2.18. The van der Waals surface area contributed by atoms with Crippen LogP contribution in [0.2, 0.25) is 0 Å². The lowest BCUT2D eigenvalue weighted by atomic mass is 10.0. The predicted molar refractivity (Wildman–Crippen MR) is 55.6 cm³/mol. The second-order valence-electron chi connectivity index (χ2n) is 4.13. The van der Waals surface area contributed by atoms with Gasteiger partial charge in [-0.2, -0.15) is 0 Å². The van der Waals surface area contributed by atoms with Crippen molar-refractivity contribution in [1.82, 2.24) is 0 Å². The molecule has 0 bridgehead atoms. The topological polar surface area (TPSA) is 29.5 Å². The maximum atomic E-state index is 9.28. The van der Waals surface area contributed by atoms with Crippen LogP contribution in [0, 0.1) is 0 Å². The zero-order chi connectivity index (χ0) is 10.1. The number of ether oxygens (including phenoxy) is 1. The lowest BCUT2D eigenvalue weighted by Gasteiger charge is -2.06. The number of benzene rings is 1. The summed E-state index contributed by atoms with van der Waals surface area (Å²) in [6.07, 6.45) is 1.74. The average Bonchev–Trinajstić information content (AvgIpc) is 2.42. The molecule has 0 spiro atoms. The Kier molecular flexibility index (Phi) is 2.46. The van der Waals surface area contributed by atoms with E-state index in [1.165, 1.54) is 11.1 Å². The summed E-state index contributed by atoms with van der Waals surface area (Å²) in [5.41, 5.74) is 2.46. The van der Waals surface area contributed by atoms with Gasteiger partial charge in [-0.05, 0) is 37.5 Å². The van der Waals surface area contributed by atoms with Crippen molar-refractivity contribution in [3.63, 3.8) is 0 Å². The fourth-order valence-electron chi connectivity index (χ4n) is 1.94. The number of hydrogen-bond donors (Lipinski definition) is 1. The molecule has 0 radical (unpaired) electrons. The molecule has 0 aromatic heterocycles. The normalized spacial score (nSPS) is 21.5. The summed E-state index contributed by atoms with van der Waals surface area (Å²) < 4.78 is 5.60. The molecule has 1 aliphatic heterocycles. The summed E-state index contributed by atoms with van der Waals surface area (Å²) in [5.74, 6) is 1.01. The standard InChI is InChI=1S/C12H16O2/c1-8(13)5-10-3-4-12-11(7-10)6-9(2)14-12/h3-4,7-9,13H,5-6H2,1-2H3/t8-,9?/m1/s1. The fourth-order valence-corrected chi connectivity index (χ4v) is 1.94. The second kappa shape index (κ2) is 3.62. The minimum Gasteiger partial charge on any atom is -0.490 e. The molecule has 14 heavy (non-hydrogen) atoms. The van der Waals surface area contributed by atoms with E-state index >= 15 is 0 Å². The molecule has 0 amide bonds. The Balaban J connectivity index is 2.20. The highest BCUT2D eigenvalue weighted by atomic mass is 16.5. The van der Waals surface area contributed by atoms with Crippen LogP contribution in [0.3, 0.4) is 0 Å². The third kappa shape index (κ3) is 1.90. The Morgan fingerprint density at radius 3 is 3.07 bits per heavy atom. The molecule has 1 aromatic rings. The Morgan fingerprint density at radius 2 is 2.36 bits per heavy atom.